The maximum atomic E-state index is 12.2. The van der Waals surface area contributed by atoms with Gasteiger partial charge in [0.1, 0.15) is 0 Å². The van der Waals surface area contributed by atoms with Crippen LogP contribution in [0.15, 0.2) is 30.3 Å². The summed E-state index contributed by atoms with van der Waals surface area (Å²) in [5.74, 6) is -0.0960. The molecule has 7 heteroatoms. The second kappa shape index (κ2) is 5.22. The van der Waals surface area contributed by atoms with E-state index in [0.717, 1.165) is 0 Å². The molecular formula is C12H17NO4S2. The van der Waals surface area contributed by atoms with Crippen LogP contribution in [0.25, 0.3) is 0 Å². The first-order valence-corrected chi connectivity index (χ1v) is 9.43. The van der Waals surface area contributed by atoms with Crippen molar-refractivity contribution in [1.29, 1.82) is 0 Å². The molecule has 1 saturated heterocycles. The minimum absolute atomic E-state index is 0.0719. The molecule has 1 aromatic rings. The number of nitrogens with zero attached hydrogens (tertiary/aromatic N) is 1. The molecule has 1 atom stereocenters. The summed E-state index contributed by atoms with van der Waals surface area (Å²) >= 11 is 0. The molecule has 5 nitrogen and oxygen atoms in total. The third-order valence-corrected chi connectivity index (χ3v) is 6.98. The van der Waals surface area contributed by atoms with E-state index in [4.69, 9.17) is 0 Å². The Hall–Kier alpha value is -0.920. The minimum Gasteiger partial charge on any atom is -0.229 e. The summed E-state index contributed by atoms with van der Waals surface area (Å²) in [6.07, 6.45) is 0.382. The van der Waals surface area contributed by atoms with Crippen molar-refractivity contribution in [2.75, 3.05) is 18.6 Å². The molecule has 0 amide bonds. The normalized spacial score (nSPS) is 22.7. The first-order valence-electron chi connectivity index (χ1n) is 6.00. The standard InChI is InChI=1S/C12H17NO4S2/c1-13(12-7-8-18(14,15)10-12)19(16,17)9-11-5-3-2-4-6-11/h2-6,12H,7-10H2,1H3. The van der Waals surface area contributed by atoms with Gasteiger partial charge in [-0.2, -0.15) is 0 Å². The lowest BCUT2D eigenvalue weighted by Crippen LogP contribution is -2.38. The van der Waals surface area contributed by atoms with Crippen LogP contribution >= 0.6 is 0 Å². The van der Waals surface area contributed by atoms with E-state index in [1.807, 2.05) is 6.07 Å². The number of rotatable bonds is 4. The molecule has 0 N–H and O–H groups in total. The molecule has 19 heavy (non-hydrogen) atoms. The van der Waals surface area contributed by atoms with E-state index in [1.54, 1.807) is 24.3 Å². The molecule has 1 unspecified atom stereocenters. The van der Waals surface area contributed by atoms with Gasteiger partial charge in [0.25, 0.3) is 0 Å². The summed E-state index contributed by atoms with van der Waals surface area (Å²) in [7, 11) is -5.10. The van der Waals surface area contributed by atoms with Crippen LogP contribution in [0.2, 0.25) is 0 Å². The molecule has 106 valence electrons. The highest BCUT2D eigenvalue weighted by molar-refractivity contribution is 7.92. The van der Waals surface area contributed by atoms with Gasteiger partial charge in [-0.3, -0.25) is 0 Å². The van der Waals surface area contributed by atoms with Gasteiger partial charge in [0.05, 0.1) is 17.3 Å². The molecule has 2 rings (SSSR count). The zero-order chi connectivity index (χ0) is 14.1. The van der Waals surface area contributed by atoms with Gasteiger partial charge in [0, 0.05) is 13.1 Å². The number of hydrogen-bond donors (Lipinski definition) is 0. The highest BCUT2D eigenvalue weighted by atomic mass is 32.2. The summed E-state index contributed by atoms with van der Waals surface area (Å²) in [5, 5.41) is 0. The van der Waals surface area contributed by atoms with Crippen LogP contribution in [0.3, 0.4) is 0 Å². The predicted molar refractivity (Wildman–Crippen MR) is 73.9 cm³/mol. The molecule has 1 heterocycles. The lowest BCUT2D eigenvalue weighted by atomic mass is 10.2. The first-order chi connectivity index (χ1) is 8.80. The van der Waals surface area contributed by atoms with Crippen molar-refractivity contribution < 1.29 is 16.8 Å². The number of sulfone groups is 1. The topological polar surface area (TPSA) is 71.5 Å². The second-order valence-electron chi connectivity index (χ2n) is 4.81. The van der Waals surface area contributed by atoms with Crippen LogP contribution in [-0.4, -0.2) is 45.7 Å². The number of benzene rings is 1. The van der Waals surface area contributed by atoms with Crippen molar-refractivity contribution in [3.05, 3.63) is 35.9 Å². The van der Waals surface area contributed by atoms with Gasteiger partial charge in [-0.05, 0) is 12.0 Å². The fourth-order valence-corrected chi connectivity index (χ4v) is 5.50. The van der Waals surface area contributed by atoms with E-state index in [9.17, 15) is 16.8 Å². The van der Waals surface area contributed by atoms with Crippen LogP contribution in [0.1, 0.15) is 12.0 Å². The molecule has 0 aliphatic carbocycles. The SMILES string of the molecule is CN(C1CCS(=O)(=O)C1)S(=O)(=O)Cc1ccccc1. The van der Waals surface area contributed by atoms with E-state index in [2.05, 4.69) is 0 Å². The third-order valence-electron chi connectivity index (χ3n) is 3.35. The van der Waals surface area contributed by atoms with Crippen molar-refractivity contribution >= 4 is 19.9 Å². The Kier molecular flexibility index (Phi) is 3.98. The molecule has 0 bridgehead atoms. The molecule has 0 spiro atoms. The van der Waals surface area contributed by atoms with E-state index >= 15 is 0 Å². The summed E-state index contributed by atoms with van der Waals surface area (Å²) < 4.78 is 48.5. The quantitative estimate of drug-likeness (QED) is 0.818. The Bertz CT molecular complexity index is 638. The van der Waals surface area contributed by atoms with Gasteiger partial charge in [-0.15, -0.1) is 0 Å². The van der Waals surface area contributed by atoms with Crippen molar-refractivity contribution in [3.8, 4) is 0 Å². The Labute approximate surface area is 114 Å². The largest absolute Gasteiger partial charge is 0.229 e. The van der Waals surface area contributed by atoms with Gasteiger partial charge in [0.2, 0.25) is 10.0 Å². The Morgan fingerprint density at radius 2 is 1.89 bits per heavy atom. The van der Waals surface area contributed by atoms with Crippen molar-refractivity contribution in [2.45, 2.75) is 18.2 Å². The number of hydrogen-bond acceptors (Lipinski definition) is 4. The lowest BCUT2D eigenvalue weighted by Gasteiger charge is -2.22. The highest BCUT2D eigenvalue weighted by Crippen LogP contribution is 2.21. The Morgan fingerprint density at radius 3 is 2.42 bits per heavy atom. The van der Waals surface area contributed by atoms with Gasteiger partial charge in [-0.1, -0.05) is 30.3 Å². The van der Waals surface area contributed by atoms with E-state index in [-0.39, 0.29) is 17.3 Å². The zero-order valence-electron chi connectivity index (χ0n) is 10.7. The molecule has 0 aromatic heterocycles. The van der Waals surface area contributed by atoms with Crippen molar-refractivity contribution in [2.24, 2.45) is 0 Å². The van der Waals surface area contributed by atoms with Crippen molar-refractivity contribution in [3.63, 3.8) is 0 Å². The molecule has 0 radical (unpaired) electrons. The fourth-order valence-electron chi connectivity index (χ4n) is 2.18. The molecule has 1 fully saturated rings. The summed E-state index contributed by atoms with van der Waals surface area (Å²) in [4.78, 5) is 0. The summed E-state index contributed by atoms with van der Waals surface area (Å²) in [6.45, 7) is 0. The monoisotopic (exact) mass is 303 g/mol. The van der Waals surface area contributed by atoms with Crippen LogP contribution in [0.4, 0.5) is 0 Å². The maximum Gasteiger partial charge on any atom is 0.218 e. The van der Waals surface area contributed by atoms with Crippen LogP contribution in [-0.2, 0) is 25.6 Å². The number of sulfonamides is 1. The van der Waals surface area contributed by atoms with Crippen LogP contribution in [0, 0.1) is 0 Å². The Morgan fingerprint density at radius 1 is 1.26 bits per heavy atom. The van der Waals surface area contributed by atoms with Crippen LogP contribution in [0.5, 0.6) is 0 Å². The average Bonchev–Trinajstić information content (AvgIpc) is 2.69. The molecular weight excluding hydrogens is 286 g/mol. The smallest absolute Gasteiger partial charge is 0.218 e. The Balaban J connectivity index is 2.12. The summed E-state index contributed by atoms with van der Waals surface area (Å²) in [6, 6.07) is 8.45. The molecule has 1 aliphatic rings. The van der Waals surface area contributed by atoms with E-state index in [0.29, 0.717) is 12.0 Å². The van der Waals surface area contributed by atoms with Gasteiger partial charge >= 0.3 is 0 Å². The van der Waals surface area contributed by atoms with Gasteiger partial charge < -0.3 is 0 Å². The van der Waals surface area contributed by atoms with Crippen molar-refractivity contribution in [1.82, 2.24) is 4.31 Å². The van der Waals surface area contributed by atoms with Gasteiger partial charge in [0.15, 0.2) is 9.84 Å². The third kappa shape index (κ3) is 3.55. The highest BCUT2D eigenvalue weighted by Gasteiger charge is 2.35. The fraction of sp³-hybridized carbons (Fsp3) is 0.500. The predicted octanol–water partition coefficient (Wildman–Crippen LogP) is 0.635. The first kappa shape index (κ1) is 14.5. The van der Waals surface area contributed by atoms with Crippen LogP contribution < -0.4 is 0 Å². The second-order valence-corrected chi connectivity index (χ2v) is 9.07. The summed E-state index contributed by atoms with van der Waals surface area (Å²) in [5.41, 5.74) is 0.704. The zero-order valence-corrected chi connectivity index (χ0v) is 12.3. The molecule has 1 aromatic carbocycles. The van der Waals surface area contributed by atoms with Gasteiger partial charge in [-0.25, -0.2) is 21.1 Å². The molecule has 1 aliphatic heterocycles. The van der Waals surface area contributed by atoms with E-state index < -0.39 is 25.9 Å². The van der Waals surface area contributed by atoms with E-state index in [1.165, 1.54) is 11.4 Å². The lowest BCUT2D eigenvalue weighted by molar-refractivity contribution is 0.393. The maximum absolute atomic E-state index is 12.2. The average molecular weight is 303 g/mol. The minimum atomic E-state index is -3.48. The molecule has 0 saturated carbocycles.